The summed E-state index contributed by atoms with van der Waals surface area (Å²) in [7, 11) is -1.65. The fourth-order valence-electron chi connectivity index (χ4n) is 2.14. The van der Waals surface area contributed by atoms with E-state index in [-0.39, 0.29) is 5.54 Å². The van der Waals surface area contributed by atoms with Gasteiger partial charge in [0.2, 0.25) is 0 Å². The van der Waals surface area contributed by atoms with Crippen LogP contribution in [0.3, 0.4) is 0 Å². The zero-order valence-electron chi connectivity index (χ0n) is 11.4. The van der Waals surface area contributed by atoms with Crippen LogP contribution >= 0.6 is 0 Å². The van der Waals surface area contributed by atoms with E-state index in [9.17, 15) is 5.26 Å². The Morgan fingerprint density at radius 1 is 1.31 bits per heavy atom. The molecule has 1 fully saturated rings. The molecule has 0 spiro atoms. The SMILES string of the molecule is CC(C)(C)N1CCC(C#N)(O[Si](C)(C)C)C1. The van der Waals surface area contributed by atoms with E-state index in [1.807, 2.05) is 0 Å². The summed E-state index contributed by atoms with van der Waals surface area (Å²) >= 11 is 0. The van der Waals surface area contributed by atoms with Gasteiger partial charge in [-0.1, -0.05) is 0 Å². The molecule has 1 saturated heterocycles. The summed E-state index contributed by atoms with van der Waals surface area (Å²) in [5.41, 5.74) is -0.431. The van der Waals surface area contributed by atoms with E-state index < -0.39 is 13.9 Å². The molecule has 0 saturated carbocycles. The first-order valence-corrected chi connectivity index (χ1v) is 9.35. The van der Waals surface area contributed by atoms with Crippen LogP contribution in [0, 0.1) is 11.3 Å². The molecule has 0 bridgehead atoms. The van der Waals surface area contributed by atoms with Crippen molar-refractivity contribution >= 4 is 8.32 Å². The molecule has 4 heteroatoms. The van der Waals surface area contributed by atoms with Crippen LogP contribution in [0.5, 0.6) is 0 Å². The van der Waals surface area contributed by atoms with Gasteiger partial charge in [0.1, 0.15) is 0 Å². The zero-order valence-corrected chi connectivity index (χ0v) is 12.4. The highest BCUT2D eigenvalue weighted by Gasteiger charge is 2.45. The molecule has 92 valence electrons. The third-order valence-corrected chi connectivity index (χ3v) is 3.89. The van der Waals surface area contributed by atoms with Crippen molar-refractivity contribution in [3.05, 3.63) is 0 Å². The first-order valence-electron chi connectivity index (χ1n) is 5.95. The third kappa shape index (κ3) is 3.31. The molecule has 0 N–H and O–H groups in total. The lowest BCUT2D eigenvalue weighted by Gasteiger charge is -2.34. The first-order chi connectivity index (χ1) is 7.08. The molecule has 1 aliphatic rings. The first kappa shape index (κ1) is 13.7. The van der Waals surface area contributed by atoms with Crippen LogP contribution in [0.25, 0.3) is 0 Å². The maximum Gasteiger partial charge on any atom is 0.185 e. The van der Waals surface area contributed by atoms with Crippen molar-refractivity contribution in [1.29, 1.82) is 5.26 Å². The van der Waals surface area contributed by atoms with Gasteiger partial charge in [-0.15, -0.1) is 0 Å². The van der Waals surface area contributed by atoms with Crippen molar-refractivity contribution < 1.29 is 4.43 Å². The molecule has 0 aromatic rings. The van der Waals surface area contributed by atoms with Crippen LogP contribution in [0.1, 0.15) is 27.2 Å². The minimum atomic E-state index is -1.65. The molecular formula is C12H24N2OSi. The summed E-state index contributed by atoms with van der Waals surface area (Å²) in [4.78, 5) is 2.34. The molecule has 3 nitrogen and oxygen atoms in total. The monoisotopic (exact) mass is 240 g/mol. The molecule has 1 aliphatic heterocycles. The van der Waals surface area contributed by atoms with Crippen LogP contribution in [-0.2, 0) is 4.43 Å². The van der Waals surface area contributed by atoms with Crippen LogP contribution in [0.4, 0.5) is 0 Å². The summed E-state index contributed by atoms with van der Waals surface area (Å²) in [5, 5.41) is 9.38. The van der Waals surface area contributed by atoms with Gasteiger partial charge in [-0.3, -0.25) is 4.90 Å². The standard InChI is InChI=1S/C12H24N2OSi/c1-11(2,3)14-8-7-12(9-13,10-14)15-16(4,5)6/h7-8,10H2,1-6H3. The molecule has 0 aromatic heterocycles. The van der Waals surface area contributed by atoms with Crippen molar-refractivity contribution in [3.8, 4) is 6.07 Å². The number of likely N-dealkylation sites (tertiary alicyclic amines) is 1. The Balaban J connectivity index is 2.77. The van der Waals surface area contributed by atoms with Crippen molar-refractivity contribution in [1.82, 2.24) is 4.90 Å². The van der Waals surface area contributed by atoms with Crippen LogP contribution in [0.2, 0.25) is 19.6 Å². The lowest BCUT2D eigenvalue weighted by Crippen LogP contribution is -2.47. The normalized spacial score (nSPS) is 28.1. The number of rotatable bonds is 2. The summed E-state index contributed by atoms with van der Waals surface area (Å²) in [6.45, 7) is 14.7. The zero-order chi connectivity index (χ0) is 12.6. The van der Waals surface area contributed by atoms with E-state index in [0.29, 0.717) is 0 Å². The second-order valence-corrected chi connectivity index (χ2v) is 11.1. The van der Waals surface area contributed by atoms with E-state index in [4.69, 9.17) is 4.43 Å². The molecule has 16 heavy (non-hydrogen) atoms. The van der Waals surface area contributed by atoms with Gasteiger partial charge in [0, 0.05) is 25.0 Å². The molecule has 1 unspecified atom stereocenters. The maximum absolute atomic E-state index is 9.38. The van der Waals surface area contributed by atoms with E-state index >= 15 is 0 Å². The quantitative estimate of drug-likeness (QED) is 0.696. The van der Waals surface area contributed by atoms with Gasteiger partial charge >= 0.3 is 0 Å². The summed E-state index contributed by atoms with van der Waals surface area (Å²) in [6, 6.07) is 2.41. The fourth-order valence-corrected chi connectivity index (χ4v) is 3.52. The Kier molecular flexibility index (Phi) is 3.54. The van der Waals surface area contributed by atoms with E-state index in [1.54, 1.807) is 0 Å². The third-order valence-electron chi connectivity index (χ3n) is 2.89. The second kappa shape index (κ2) is 4.14. The molecule has 0 aliphatic carbocycles. The molecule has 1 atom stereocenters. The van der Waals surface area contributed by atoms with Gasteiger partial charge < -0.3 is 4.43 Å². The number of nitriles is 1. The maximum atomic E-state index is 9.38. The Hall–Kier alpha value is -0.373. The minimum absolute atomic E-state index is 0.126. The highest BCUT2D eigenvalue weighted by Crippen LogP contribution is 2.32. The van der Waals surface area contributed by atoms with Crippen molar-refractivity contribution in [2.24, 2.45) is 0 Å². The van der Waals surface area contributed by atoms with Crippen molar-refractivity contribution in [3.63, 3.8) is 0 Å². The Morgan fingerprint density at radius 2 is 1.88 bits per heavy atom. The molecule has 0 aromatic carbocycles. The van der Waals surface area contributed by atoms with Gasteiger partial charge in [-0.2, -0.15) is 5.26 Å². The van der Waals surface area contributed by atoms with E-state index in [0.717, 1.165) is 19.5 Å². The smallest absolute Gasteiger partial charge is 0.185 e. The van der Waals surface area contributed by atoms with Gasteiger partial charge in [0.25, 0.3) is 0 Å². The van der Waals surface area contributed by atoms with Crippen LogP contribution in [0.15, 0.2) is 0 Å². The van der Waals surface area contributed by atoms with Crippen LogP contribution < -0.4 is 0 Å². The average molecular weight is 240 g/mol. The number of hydrogen-bond acceptors (Lipinski definition) is 3. The second-order valence-electron chi connectivity index (χ2n) is 6.66. The predicted molar refractivity (Wildman–Crippen MR) is 68.7 cm³/mol. The number of nitrogens with zero attached hydrogens (tertiary/aromatic N) is 2. The molecule has 0 radical (unpaired) electrons. The Labute approximate surface area is 101 Å². The van der Waals surface area contributed by atoms with E-state index in [1.165, 1.54) is 0 Å². The highest BCUT2D eigenvalue weighted by molar-refractivity contribution is 6.69. The van der Waals surface area contributed by atoms with Crippen molar-refractivity contribution in [2.45, 2.75) is 58.0 Å². The minimum Gasteiger partial charge on any atom is -0.399 e. The van der Waals surface area contributed by atoms with E-state index in [2.05, 4.69) is 51.4 Å². The molecular weight excluding hydrogens is 216 g/mol. The van der Waals surface area contributed by atoms with Crippen molar-refractivity contribution in [2.75, 3.05) is 13.1 Å². The number of hydrogen-bond donors (Lipinski definition) is 0. The molecule has 1 rings (SSSR count). The predicted octanol–water partition coefficient (Wildman–Crippen LogP) is 2.60. The largest absolute Gasteiger partial charge is 0.399 e. The summed E-state index contributed by atoms with van der Waals surface area (Å²) in [5.74, 6) is 0. The van der Waals surface area contributed by atoms with Gasteiger partial charge in [0.15, 0.2) is 13.9 Å². The van der Waals surface area contributed by atoms with Crippen LogP contribution in [-0.4, -0.2) is 37.4 Å². The fraction of sp³-hybridized carbons (Fsp3) is 0.917. The topological polar surface area (TPSA) is 36.3 Å². The lowest BCUT2D eigenvalue weighted by molar-refractivity contribution is 0.0974. The summed E-state index contributed by atoms with van der Waals surface area (Å²) in [6.07, 6.45) is 0.838. The Bertz CT molecular complexity index is 298. The highest BCUT2D eigenvalue weighted by atomic mass is 28.4. The molecule has 1 heterocycles. The van der Waals surface area contributed by atoms with Gasteiger partial charge in [0.05, 0.1) is 6.07 Å². The van der Waals surface area contributed by atoms with Gasteiger partial charge in [-0.05, 0) is 40.4 Å². The summed E-state index contributed by atoms with van der Waals surface area (Å²) < 4.78 is 6.10. The van der Waals surface area contributed by atoms with Gasteiger partial charge in [-0.25, -0.2) is 0 Å². The Morgan fingerprint density at radius 3 is 2.19 bits per heavy atom. The average Bonchev–Trinajstić information content (AvgIpc) is 2.45. The molecule has 0 amide bonds. The lowest BCUT2D eigenvalue weighted by atomic mass is 10.1.